The van der Waals surface area contributed by atoms with Crippen LogP contribution in [0.1, 0.15) is 21.9 Å². The number of aromatic nitrogens is 4. The van der Waals surface area contributed by atoms with Crippen LogP contribution in [-0.2, 0) is 11.3 Å². The molecule has 4 aromatic rings. The molecule has 9 heteroatoms. The second kappa shape index (κ2) is 7.69. The van der Waals surface area contributed by atoms with Crippen molar-refractivity contribution in [3.05, 3.63) is 86.1 Å². The Bertz CT molecular complexity index is 1280. The van der Waals surface area contributed by atoms with Crippen molar-refractivity contribution in [1.29, 1.82) is 0 Å². The lowest BCUT2D eigenvalue weighted by Gasteiger charge is -2.06. The van der Waals surface area contributed by atoms with E-state index in [2.05, 4.69) is 15.1 Å². The molecule has 0 aliphatic carbocycles. The van der Waals surface area contributed by atoms with Gasteiger partial charge in [0.2, 0.25) is 0 Å². The Balaban J connectivity index is 1.59. The van der Waals surface area contributed by atoms with E-state index in [1.54, 1.807) is 25.1 Å². The van der Waals surface area contributed by atoms with Crippen molar-refractivity contribution >= 4 is 40.1 Å². The summed E-state index contributed by atoms with van der Waals surface area (Å²) >= 11 is 12.3. The van der Waals surface area contributed by atoms with Gasteiger partial charge in [0.15, 0.2) is 0 Å². The third-order valence-corrected chi connectivity index (χ3v) is 4.85. The van der Waals surface area contributed by atoms with Crippen LogP contribution in [0.25, 0.3) is 16.6 Å². The summed E-state index contributed by atoms with van der Waals surface area (Å²) in [5, 5.41) is 5.31. The van der Waals surface area contributed by atoms with Gasteiger partial charge in [0, 0.05) is 5.02 Å². The number of nitrogens with zero attached hydrogens (tertiary/aromatic N) is 3. The van der Waals surface area contributed by atoms with Gasteiger partial charge >= 0.3 is 5.97 Å². The van der Waals surface area contributed by atoms with E-state index in [1.807, 2.05) is 30.3 Å². The van der Waals surface area contributed by atoms with Crippen molar-refractivity contribution in [2.45, 2.75) is 13.5 Å². The van der Waals surface area contributed by atoms with Crippen LogP contribution in [0, 0.1) is 6.92 Å². The van der Waals surface area contributed by atoms with Crippen LogP contribution in [0.5, 0.6) is 0 Å². The number of rotatable bonds is 4. The Morgan fingerprint density at radius 2 is 1.93 bits per heavy atom. The number of para-hydroxylation sites is 1. The van der Waals surface area contributed by atoms with Crippen LogP contribution in [0.2, 0.25) is 10.2 Å². The molecule has 7 nitrogen and oxygen atoms in total. The second-order valence-corrected chi connectivity index (χ2v) is 7.04. The number of esters is 1. The molecular formula is C20H14Cl2N4O3. The Labute approximate surface area is 174 Å². The average Bonchev–Trinajstić information content (AvgIpc) is 3.00. The quantitative estimate of drug-likeness (QED) is 0.494. The number of benzene rings is 2. The average molecular weight is 429 g/mol. The first-order valence-corrected chi connectivity index (χ1v) is 9.36. The van der Waals surface area contributed by atoms with Crippen LogP contribution in [-0.4, -0.2) is 25.7 Å². The van der Waals surface area contributed by atoms with Crippen molar-refractivity contribution in [3.8, 4) is 5.69 Å². The van der Waals surface area contributed by atoms with E-state index in [9.17, 15) is 9.59 Å². The Morgan fingerprint density at radius 1 is 1.17 bits per heavy atom. The summed E-state index contributed by atoms with van der Waals surface area (Å²) in [4.78, 5) is 31.7. The minimum atomic E-state index is -0.663. The first-order chi connectivity index (χ1) is 13.9. The van der Waals surface area contributed by atoms with Crippen LogP contribution >= 0.6 is 23.2 Å². The third kappa shape index (κ3) is 3.74. The highest BCUT2D eigenvalue weighted by Gasteiger charge is 2.22. The SMILES string of the molecule is Cc1nn(-c2ccccc2)c(Cl)c1C(=O)OCc1nc2cc(Cl)ccc2c(=O)[nH]1. The molecular weight excluding hydrogens is 415 g/mol. The predicted molar refractivity (Wildman–Crippen MR) is 110 cm³/mol. The molecule has 0 aliphatic heterocycles. The van der Waals surface area contributed by atoms with Crippen LogP contribution in [0.4, 0.5) is 0 Å². The van der Waals surface area contributed by atoms with Gasteiger partial charge in [-0.25, -0.2) is 14.5 Å². The van der Waals surface area contributed by atoms with Crippen LogP contribution in [0.3, 0.4) is 0 Å². The highest BCUT2D eigenvalue weighted by atomic mass is 35.5. The third-order valence-electron chi connectivity index (χ3n) is 4.27. The molecule has 0 unspecified atom stereocenters. The maximum atomic E-state index is 12.6. The minimum Gasteiger partial charge on any atom is -0.454 e. The van der Waals surface area contributed by atoms with E-state index in [0.717, 1.165) is 5.69 Å². The molecule has 2 heterocycles. The van der Waals surface area contributed by atoms with Crippen LogP contribution < -0.4 is 5.56 Å². The molecule has 4 rings (SSSR count). The summed E-state index contributed by atoms with van der Waals surface area (Å²) in [7, 11) is 0. The fourth-order valence-electron chi connectivity index (χ4n) is 2.91. The predicted octanol–water partition coefficient (Wildman–Crippen LogP) is 4.08. The van der Waals surface area contributed by atoms with Gasteiger partial charge in [-0.2, -0.15) is 5.10 Å². The standard InChI is InChI=1S/C20H14Cl2N4O3/c1-11-17(18(22)26(25-11)13-5-3-2-4-6-13)20(28)29-10-16-23-15-9-12(21)7-8-14(15)19(27)24-16/h2-9H,10H2,1H3,(H,23,24,27). The van der Waals surface area contributed by atoms with Gasteiger partial charge in [-0.05, 0) is 37.3 Å². The highest BCUT2D eigenvalue weighted by Crippen LogP contribution is 2.24. The number of nitrogens with one attached hydrogen (secondary N) is 1. The number of carbonyl (C=O) groups excluding carboxylic acids is 1. The van der Waals surface area contributed by atoms with E-state index in [0.29, 0.717) is 21.6 Å². The number of hydrogen-bond donors (Lipinski definition) is 1. The summed E-state index contributed by atoms with van der Waals surface area (Å²) in [5.41, 5.74) is 1.37. The lowest BCUT2D eigenvalue weighted by molar-refractivity contribution is 0.0461. The molecule has 0 saturated heterocycles. The highest BCUT2D eigenvalue weighted by molar-refractivity contribution is 6.33. The second-order valence-electron chi connectivity index (χ2n) is 6.25. The monoisotopic (exact) mass is 428 g/mol. The summed E-state index contributed by atoms with van der Waals surface area (Å²) in [6.45, 7) is 1.43. The van der Waals surface area contributed by atoms with Gasteiger partial charge in [-0.3, -0.25) is 4.79 Å². The maximum absolute atomic E-state index is 12.6. The lowest BCUT2D eigenvalue weighted by atomic mass is 10.2. The van der Waals surface area contributed by atoms with E-state index >= 15 is 0 Å². The normalized spacial score (nSPS) is 11.0. The number of carbonyl (C=O) groups is 1. The van der Waals surface area contributed by atoms with Crippen molar-refractivity contribution < 1.29 is 9.53 Å². The van der Waals surface area contributed by atoms with E-state index in [4.69, 9.17) is 27.9 Å². The molecule has 2 aromatic heterocycles. The molecule has 1 N–H and O–H groups in total. The van der Waals surface area contributed by atoms with Crippen molar-refractivity contribution in [2.24, 2.45) is 0 Å². The zero-order chi connectivity index (χ0) is 20.5. The zero-order valence-corrected chi connectivity index (χ0v) is 16.7. The maximum Gasteiger partial charge on any atom is 0.343 e. The molecule has 29 heavy (non-hydrogen) atoms. The van der Waals surface area contributed by atoms with Gasteiger partial charge in [0.25, 0.3) is 5.56 Å². The number of aromatic amines is 1. The summed E-state index contributed by atoms with van der Waals surface area (Å²) in [6.07, 6.45) is 0. The molecule has 0 spiro atoms. The lowest BCUT2D eigenvalue weighted by Crippen LogP contribution is -2.15. The number of aryl methyl sites for hydroxylation is 1. The fraction of sp³-hybridized carbons (Fsp3) is 0.100. The van der Waals surface area contributed by atoms with Gasteiger partial charge in [0.1, 0.15) is 23.1 Å². The molecule has 2 aromatic carbocycles. The molecule has 0 fully saturated rings. The fourth-order valence-corrected chi connectivity index (χ4v) is 3.42. The molecule has 146 valence electrons. The number of ether oxygens (including phenoxy) is 1. The van der Waals surface area contributed by atoms with Crippen molar-refractivity contribution in [3.63, 3.8) is 0 Å². The van der Waals surface area contributed by atoms with E-state index < -0.39 is 5.97 Å². The van der Waals surface area contributed by atoms with Gasteiger partial charge in [-0.15, -0.1) is 0 Å². The summed E-state index contributed by atoms with van der Waals surface area (Å²) in [5.74, 6) is -0.467. The number of H-pyrrole nitrogens is 1. The first-order valence-electron chi connectivity index (χ1n) is 8.60. The smallest absolute Gasteiger partial charge is 0.343 e. The minimum absolute atomic E-state index is 0.144. The largest absolute Gasteiger partial charge is 0.454 e. The van der Waals surface area contributed by atoms with Crippen molar-refractivity contribution in [1.82, 2.24) is 19.7 Å². The van der Waals surface area contributed by atoms with Crippen LogP contribution in [0.15, 0.2) is 53.3 Å². The van der Waals surface area contributed by atoms with Gasteiger partial charge < -0.3 is 9.72 Å². The van der Waals surface area contributed by atoms with E-state index in [-0.39, 0.29) is 28.7 Å². The number of fused-ring (bicyclic) bond motifs is 1. The van der Waals surface area contributed by atoms with Crippen molar-refractivity contribution in [2.75, 3.05) is 0 Å². The molecule has 0 saturated carbocycles. The Hall–Kier alpha value is -3.16. The number of hydrogen-bond acceptors (Lipinski definition) is 5. The van der Waals surface area contributed by atoms with Gasteiger partial charge in [-0.1, -0.05) is 41.4 Å². The molecule has 0 amide bonds. The topological polar surface area (TPSA) is 89.9 Å². The van der Waals surface area contributed by atoms with E-state index in [1.165, 1.54) is 4.68 Å². The van der Waals surface area contributed by atoms with Gasteiger partial charge in [0.05, 0.1) is 22.3 Å². The zero-order valence-electron chi connectivity index (χ0n) is 15.1. The molecule has 0 bridgehead atoms. The summed E-state index contributed by atoms with van der Waals surface area (Å²) < 4.78 is 6.78. The first kappa shape index (κ1) is 19.2. The summed E-state index contributed by atoms with van der Waals surface area (Å²) in [6, 6.07) is 14.0. The Kier molecular flexibility index (Phi) is 5.08. The number of halogens is 2. The molecule has 0 aliphatic rings. The Morgan fingerprint density at radius 3 is 2.69 bits per heavy atom. The molecule has 0 atom stereocenters. The molecule has 0 radical (unpaired) electrons.